The van der Waals surface area contributed by atoms with E-state index in [0.29, 0.717) is 43.7 Å². The van der Waals surface area contributed by atoms with Crippen LogP contribution in [0.25, 0.3) is 0 Å². The van der Waals surface area contributed by atoms with E-state index in [-0.39, 0.29) is 30.8 Å². The molecule has 2 atom stereocenters. The Morgan fingerprint density at radius 2 is 1.52 bits per heavy atom. The Hall–Kier alpha value is -4.61. The highest BCUT2D eigenvalue weighted by Gasteiger charge is 2.31. The van der Waals surface area contributed by atoms with Crippen molar-refractivity contribution in [2.24, 2.45) is 17.6 Å². The van der Waals surface area contributed by atoms with Crippen molar-refractivity contribution in [3.8, 4) is 5.75 Å². The SMILES string of the molecule is CC(C)CC(NC(=O)OCc1ccccc1)C(=O)NC(Cc1ccc(OC(=O)N2CCC(C(N)=O)CC2)cc1)C(=O)OC(C)(C)C. The van der Waals surface area contributed by atoms with Crippen LogP contribution in [0.5, 0.6) is 5.75 Å². The van der Waals surface area contributed by atoms with E-state index < -0.39 is 41.7 Å². The molecule has 46 heavy (non-hydrogen) atoms. The van der Waals surface area contributed by atoms with Gasteiger partial charge in [-0.05, 0) is 69.2 Å². The number of nitrogens with zero attached hydrogens (tertiary/aromatic N) is 1. The van der Waals surface area contributed by atoms with E-state index in [2.05, 4.69) is 10.6 Å². The van der Waals surface area contributed by atoms with Crippen molar-refractivity contribution in [1.29, 1.82) is 0 Å². The van der Waals surface area contributed by atoms with Gasteiger partial charge in [0.25, 0.3) is 0 Å². The molecule has 0 aromatic heterocycles. The fourth-order valence-corrected chi connectivity index (χ4v) is 4.89. The van der Waals surface area contributed by atoms with Crippen molar-refractivity contribution in [2.75, 3.05) is 13.1 Å². The molecule has 1 heterocycles. The van der Waals surface area contributed by atoms with Gasteiger partial charge < -0.3 is 35.5 Å². The molecule has 12 nitrogen and oxygen atoms in total. The molecular weight excluding hydrogens is 592 g/mol. The first-order chi connectivity index (χ1) is 21.7. The van der Waals surface area contributed by atoms with Crippen molar-refractivity contribution in [3.05, 3.63) is 65.7 Å². The fourth-order valence-electron chi connectivity index (χ4n) is 4.89. The summed E-state index contributed by atoms with van der Waals surface area (Å²) in [6.07, 6.45) is 0.102. The average molecular weight is 639 g/mol. The second kappa shape index (κ2) is 16.6. The number of hydrogen-bond acceptors (Lipinski definition) is 8. The predicted molar refractivity (Wildman–Crippen MR) is 170 cm³/mol. The number of likely N-dealkylation sites (tertiary alicyclic amines) is 1. The number of benzene rings is 2. The minimum atomic E-state index is -1.07. The first kappa shape index (κ1) is 35.9. The summed E-state index contributed by atoms with van der Waals surface area (Å²) < 4.78 is 16.4. The molecule has 0 aliphatic carbocycles. The van der Waals surface area contributed by atoms with Gasteiger partial charge in [0.1, 0.15) is 30.0 Å². The molecule has 0 bridgehead atoms. The summed E-state index contributed by atoms with van der Waals surface area (Å²) in [6.45, 7) is 9.82. The number of nitrogens with two attached hydrogens (primary N) is 1. The third-order valence-corrected chi connectivity index (χ3v) is 7.26. The van der Waals surface area contributed by atoms with Crippen LogP contribution < -0.4 is 21.1 Å². The van der Waals surface area contributed by atoms with Crippen molar-refractivity contribution in [2.45, 2.75) is 84.6 Å². The molecule has 2 aromatic carbocycles. The second-order valence-electron chi connectivity index (χ2n) is 12.9. The molecule has 2 unspecified atom stereocenters. The molecule has 1 aliphatic rings. The number of amides is 4. The number of esters is 1. The molecule has 0 spiro atoms. The first-order valence-electron chi connectivity index (χ1n) is 15.6. The maximum absolute atomic E-state index is 13.5. The highest BCUT2D eigenvalue weighted by Crippen LogP contribution is 2.20. The van der Waals surface area contributed by atoms with E-state index >= 15 is 0 Å². The summed E-state index contributed by atoms with van der Waals surface area (Å²) in [6, 6.07) is 13.7. The number of nitrogens with one attached hydrogen (secondary N) is 2. The van der Waals surface area contributed by atoms with Crippen LogP contribution in [0.1, 0.15) is 65.0 Å². The third kappa shape index (κ3) is 12.1. The van der Waals surface area contributed by atoms with Gasteiger partial charge in [0, 0.05) is 25.4 Å². The Morgan fingerprint density at radius 3 is 2.09 bits per heavy atom. The molecule has 4 amide bonds. The summed E-state index contributed by atoms with van der Waals surface area (Å²) in [5.74, 6) is -1.43. The highest BCUT2D eigenvalue weighted by atomic mass is 16.6. The van der Waals surface area contributed by atoms with Crippen LogP contribution >= 0.6 is 0 Å². The van der Waals surface area contributed by atoms with Crippen LogP contribution in [0.15, 0.2) is 54.6 Å². The number of hydrogen-bond donors (Lipinski definition) is 3. The van der Waals surface area contributed by atoms with Gasteiger partial charge in [-0.3, -0.25) is 9.59 Å². The number of alkyl carbamates (subject to hydrolysis) is 1. The van der Waals surface area contributed by atoms with Gasteiger partial charge in [0.05, 0.1) is 0 Å². The van der Waals surface area contributed by atoms with Crippen molar-refractivity contribution in [3.63, 3.8) is 0 Å². The van der Waals surface area contributed by atoms with E-state index in [1.54, 1.807) is 45.0 Å². The van der Waals surface area contributed by atoms with E-state index in [1.807, 2.05) is 44.2 Å². The van der Waals surface area contributed by atoms with Gasteiger partial charge in [-0.15, -0.1) is 0 Å². The fraction of sp³-hybridized carbons (Fsp3) is 0.500. The third-order valence-electron chi connectivity index (χ3n) is 7.26. The smallest absolute Gasteiger partial charge is 0.415 e. The molecule has 2 aromatic rings. The minimum Gasteiger partial charge on any atom is -0.458 e. The topological polar surface area (TPSA) is 166 Å². The lowest BCUT2D eigenvalue weighted by Crippen LogP contribution is -2.53. The lowest BCUT2D eigenvalue weighted by Gasteiger charge is -2.29. The molecule has 4 N–H and O–H groups in total. The molecule has 12 heteroatoms. The molecule has 0 saturated carbocycles. The number of carbonyl (C=O) groups is 5. The number of carbonyl (C=O) groups excluding carboxylic acids is 5. The van der Waals surface area contributed by atoms with Gasteiger partial charge >= 0.3 is 18.2 Å². The van der Waals surface area contributed by atoms with Gasteiger partial charge in [-0.25, -0.2) is 14.4 Å². The van der Waals surface area contributed by atoms with Crippen molar-refractivity contribution in [1.82, 2.24) is 15.5 Å². The molecular formula is C34H46N4O8. The van der Waals surface area contributed by atoms with Crippen LogP contribution in [0.2, 0.25) is 0 Å². The largest absolute Gasteiger partial charge is 0.458 e. The minimum absolute atomic E-state index is 0.0440. The van der Waals surface area contributed by atoms with Gasteiger partial charge in [-0.2, -0.15) is 0 Å². The van der Waals surface area contributed by atoms with Crippen LogP contribution in [0, 0.1) is 11.8 Å². The maximum atomic E-state index is 13.5. The van der Waals surface area contributed by atoms with Gasteiger partial charge in [0.15, 0.2) is 0 Å². The number of ether oxygens (including phenoxy) is 3. The molecule has 250 valence electrons. The maximum Gasteiger partial charge on any atom is 0.415 e. The van der Waals surface area contributed by atoms with Crippen LogP contribution in [0.3, 0.4) is 0 Å². The zero-order chi connectivity index (χ0) is 33.9. The normalized spacial score (nSPS) is 15.0. The lowest BCUT2D eigenvalue weighted by atomic mass is 9.97. The lowest BCUT2D eigenvalue weighted by molar-refractivity contribution is -0.158. The molecule has 1 saturated heterocycles. The van der Waals surface area contributed by atoms with Crippen LogP contribution in [-0.2, 0) is 36.9 Å². The van der Waals surface area contributed by atoms with E-state index in [9.17, 15) is 24.0 Å². The Kier molecular flexibility index (Phi) is 13.0. The Bertz CT molecular complexity index is 1330. The first-order valence-corrected chi connectivity index (χ1v) is 15.6. The summed E-state index contributed by atoms with van der Waals surface area (Å²) in [4.78, 5) is 64.8. The Labute approximate surface area is 270 Å². The van der Waals surface area contributed by atoms with Gasteiger partial charge in [0.2, 0.25) is 11.8 Å². The number of piperidine rings is 1. The zero-order valence-electron chi connectivity index (χ0n) is 27.2. The van der Waals surface area contributed by atoms with E-state index in [0.717, 1.165) is 5.56 Å². The Balaban J connectivity index is 1.65. The van der Waals surface area contributed by atoms with E-state index in [4.69, 9.17) is 19.9 Å². The van der Waals surface area contributed by atoms with E-state index in [1.165, 1.54) is 4.90 Å². The molecule has 1 fully saturated rings. The van der Waals surface area contributed by atoms with Crippen molar-refractivity contribution < 1.29 is 38.2 Å². The van der Waals surface area contributed by atoms with Gasteiger partial charge in [-0.1, -0.05) is 56.3 Å². The predicted octanol–water partition coefficient (Wildman–Crippen LogP) is 4.09. The van der Waals surface area contributed by atoms with Crippen molar-refractivity contribution >= 4 is 30.0 Å². The summed E-state index contributed by atoms with van der Waals surface area (Å²) in [7, 11) is 0. The molecule has 1 aliphatic heterocycles. The highest BCUT2D eigenvalue weighted by molar-refractivity contribution is 5.90. The van der Waals surface area contributed by atoms with Crippen LogP contribution in [-0.4, -0.2) is 65.6 Å². The second-order valence-corrected chi connectivity index (χ2v) is 12.9. The summed E-state index contributed by atoms with van der Waals surface area (Å²) in [5.41, 5.74) is 6.04. The van der Waals surface area contributed by atoms with Crippen LogP contribution in [0.4, 0.5) is 9.59 Å². The zero-order valence-corrected chi connectivity index (χ0v) is 27.2. The summed E-state index contributed by atoms with van der Waals surface area (Å²) >= 11 is 0. The standard InChI is InChI=1S/C34H46N4O8/c1-22(2)19-27(37-32(42)44-21-24-9-7-6-8-10-24)30(40)36-28(31(41)46-34(3,4)5)20-23-11-13-26(14-12-23)45-33(43)38-17-15-25(16-18-38)29(35)39/h6-14,22,25,27-28H,15-21H2,1-5H3,(H2,35,39)(H,36,40)(H,37,42). The molecule has 0 radical (unpaired) electrons. The Morgan fingerprint density at radius 1 is 0.891 bits per heavy atom. The quantitative estimate of drug-likeness (QED) is 0.292. The number of rotatable bonds is 12. The number of primary amides is 1. The monoisotopic (exact) mass is 638 g/mol. The summed E-state index contributed by atoms with van der Waals surface area (Å²) in [5, 5.41) is 5.40. The molecule has 3 rings (SSSR count). The average Bonchev–Trinajstić information content (AvgIpc) is 2.99.